The molecule has 1 heterocycles. The van der Waals surface area contributed by atoms with E-state index in [0.29, 0.717) is 6.29 Å². The molecule has 0 radical (unpaired) electrons. The molecule has 0 aliphatic rings. The second-order valence-electron chi connectivity index (χ2n) is 1.82. The molecule has 0 fully saturated rings. The molecule has 0 unspecified atom stereocenters. The van der Waals surface area contributed by atoms with Crippen LogP contribution in [0.2, 0.25) is 5.15 Å². The van der Waals surface area contributed by atoms with Crippen molar-refractivity contribution in [3.63, 3.8) is 0 Å². The highest BCUT2D eigenvalue weighted by molar-refractivity contribution is 6.30. The van der Waals surface area contributed by atoms with Crippen LogP contribution in [0.25, 0.3) is 0 Å². The molecule has 0 amide bonds. The van der Waals surface area contributed by atoms with Crippen LogP contribution in [-0.4, -0.2) is 16.3 Å². The van der Waals surface area contributed by atoms with Crippen LogP contribution in [0.15, 0.2) is 6.20 Å². The van der Waals surface area contributed by atoms with Crippen molar-refractivity contribution in [3.05, 3.63) is 17.0 Å². The summed E-state index contributed by atoms with van der Waals surface area (Å²) >= 11 is 5.59. The Kier molecular flexibility index (Phi) is 2.62. The summed E-state index contributed by atoms with van der Waals surface area (Å²) in [4.78, 5) is 17.3. The van der Waals surface area contributed by atoms with Crippen LogP contribution in [0, 0.1) is 11.8 Å². The van der Waals surface area contributed by atoms with E-state index in [9.17, 15) is 4.79 Å². The molecular formula is C7H4ClN3O. The van der Waals surface area contributed by atoms with Crippen molar-refractivity contribution in [1.82, 2.24) is 9.97 Å². The average Bonchev–Trinajstić information content (AvgIpc) is 2.03. The van der Waals surface area contributed by atoms with Crippen LogP contribution in [-0.2, 0) is 4.79 Å². The average molecular weight is 182 g/mol. The van der Waals surface area contributed by atoms with Crippen LogP contribution in [0.4, 0.5) is 5.82 Å². The summed E-state index contributed by atoms with van der Waals surface area (Å²) in [6, 6.07) is 0. The maximum atomic E-state index is 9.87. The molecule has 0 aliphatic heterocycles. The fourth-order valence-electron chi connectivity index (χ4n) is 0.561. The third-order valence-corrected chi connectivity index (χ3v) is 1.26. The summed E-state index contributed by atoms with van der Waals surface area (Å²) in [5.41, 5.74) is 5.53. The first-order chi connectivity index (χ1) is 5.74. The van der Waals surface area contributed by atoms with Crippen molar-refractivity contribution < 1.29 is 4.79 Å². The maximum absolute atomic E-state index is 9.87. The first kappa shape index (κ1) is 8.50. The van der Waals surface area contributed by atoms with Gasteiger partial charge in [0.1, 0.15) is 5.82 Å². The van der Waals surface area contributed by atoms with E-state index in [0.717, 1.165) is 0 Å². The molecule has 0 aromatic carbocycles. The Morgan fingerprint density at radius 2 is 2.42 bits per heavy atom. The summed E-state index contributed by atoms with van der Waals surface area (Å²) in [6.45, 7) is 0. The van der Waals surface area contributed by atoms with Gasteiger partial charge in [-0.05, 0) is 11.8 Å². The number of carbonyl (C=O) groups excluding carboxylic acids is 1. The number of hydrogen-bond donors (Lipinski definition) is 1. The van der Waals surface area contributed by atoms with Crippen molar-refractivity contribution in [2.75, 3.05) is 5.73 Å². The van der Waals surface area contributed by atoms with Gasteiger partial charge in [0, 0.05) is 0 Å². The highest BCUT2D eigenvalue weighted by atomic mass is 35.5. The van der Waals surface area contributed by atoms with Gasteiger partial charge >= 0.3 is 0 Å². The predicted molar refractivity (Wildman–Crippen MR) is 44.4 cm³/mol. The molecule has 12 heavy (non-hydrogen) atoms. The maximum Gasteiger partial charge on any atom is 0.193 e. The molecule has 4 nitrogen and oxygen atoms in total. The number of nitrogens with two attached hydrogens (primary N) is 1. The standard InChI is InChI=1S/C7H4ClN3O/c8-7-5(2-1-3-12)10-4-6(9)11-7/h3-4H,(H2,9,11). The molecular weight excluding hydrogens is 178 g/mol. The summed E-state index contributed by atoms with van der Waals surface area (Å²) in [5, 5.41) is 0.101. The van der Waals surface area contributed by atoms with Gasteiger partial charge in [0.05, 0.1) is 6.20 Å². The third-order valence-electron chi connectivity index (χ3n) is 0.998. The van der Waals surface area contributed by atoms with Crippen LogP contribution < -0.4 is 5.73 Å². The molecule has 1 aromatic heterocycles. The SMILES string of the molecule is Nc1cnc(C#CC=O)c(Cl)n1. The zero-order chi connectivity index (χ0) is 8.97. The Morgan fingerprint density at radius 3 is 3.00 bits per heavy atom. The summed E-state index contributed by atoms with van der Waals surface area (Å²) < 4.78 is 0. The molecule has 0 atom stereocenters. The number of anilines is 1. The largest absolute Gasteiger partial charge is 0.382 e. The van der Waals surface area contributed by atoms with E-state index in [1.807, 2.05) is 0 Å². The van der Waals surface area contributed by atoms with Gasteiger partial charge in [0.2, 0.25) is 0 Å². The van der Waals surface area contributed by atoms with Crippen molar-refractivity contribution in [2.24, 2.45) is 0 Å². The van der Waals surface area contributed by atoms with Crippen molar-refractivity contribution in [3.8, 4) is 11.8 Å². The molecule has 1 rings (SSSR count). The highest BCUT2D eigenvalue weighted by Crippen LogP contribution is 2.09. The minimum Gasteiger partial charge on any atom is -0.382 e. The van der Waals surface area contributed by atoms with Gasteiger partial charge in [-0.2, -0.15) is 0 Å². The van der Waals surface area contributed by atoms with Crippen LogP contribution in [0.1, 0.15) is 5.69 Å². The highest BCUT2D eigenvalue weighted by Gasteiger charge is 1.99. The fourth-order valence-corrected chi connectivity index (χ4v) is 0.754. The van der Waals surface area contributed by atoms with Crippen LogP contribution in [0.3, 0.4) is 0 Å². The topological polar surface area (TPSA) is 68.9 Å². The number of aromatic nitrogens is 2. The number of nitrogen functional groups attached to an aromatic ring is 1. The quantitative estimate of drug-likeness (QED) is 0.461. The van der Waals surface area contributed by atoms with Crippen molar-refractivity contribution >= 4 is 23.7 Å². The summed E-state index contributed by atoms with van der Waals surface area (Å²) in [7, 11) is 0. The van der Waals surface area contributed by atoms with Gasteiger partial charge in [-0.1, -0.05) is 11.6 Å². The fraction of sp³-hybridized carbons (Fsp3) is 0. The van der Waals surface area contributed by atoms with E-state index < -0.39 is 0 Å². The van der Waals surface area contributed by atoms with Gasteiger partial charge in [0.15, 0.2) is 17.1 Å². The lowest BCUT2D eigenvalue weighted by Gasteiger charge is -1.93. The van der Waals surface area contributed by atoms with Gasteiger partial charge in [-0.15, -0.1) is 0 Å². The smallest absolute Gasteiger partial charge is 0.193 e. The van der Waals surface area contributed by atoms with E-state index in [2.05, 4.69) is 21.8 Å². The number of halogens is 1. The molecule has 2 N–H and O–H groups in total. The van der Waals surface area contributed by atoms with Crippen LogP contribution in [0.5, 0.6) is 0 Å². The Labute approximate surface area is 73.8 Å². The first-order valence-corrected chi connectivity index (χ1v) is 3.35. The molecule has 1 aromatic rings. The second-order valence-corrected chi connectivity index (χ2v) is 2.18. The predicted octanol–water partition coefficient (Wildman–Crippen LogP) is 0.263. The van der Waals surface area contributed by atoms with Gasteiger partial charge in [-0.3, -0.25) is 4.79 Å². The zero-order valence-electron chi connectivity index (χ0n) is 5.91. The normalized spacial score (nSPS) is 8.42. The van der Waals surface area contributed by atoms with Crippen molar-refractivity contribution in [2.45, 2.75) is 0 Å². The van der Waals surface area contributed by atoms with Crippen LogP contribution >= 0.6 is 11.6 Å². The number of hydrogen-bond acceptors (Lipinski definition) is 4. The number of carbonyl (C=O) groups is 1. The van der Waals surface area contributed by atoms with E-state index in [-0.39, 0.29) is 16.7 Å². The van der Waals surface area contributed by atoms with Gasteiger partial charge < -0.3 is 5.73 Å². The Bertz CT molecular complexity index is 367. The Hall–Kier alpha value is -1.60. The van der Waals surface area contributed by atoms with E-state index in [4.69, 9.17) is 17.3 Å². The van der Waals surface area contributed by atoms with Gasteiger partial charge in [-0.25, -0.2) is 9.97 Å². The number of nitrogens with zero attached hydrogens (tertiary/aromatic N) is 2. The minimum atomic E-state index is 0.101. The molecule has 0 bridgehead atoms. The second kappa shape index (κ2) is 3.69. The van der Waals surface area contributed by atoms with E-state index in [1.54, 1.807) is 0 Å². The molecule has 5 heteroatoms. The molecule has 0 saturated carbocycles. The zero-order valence-corrected chi connectivity index (χ0v) is 6.67. The summed E-state index contributed by atoms with van der Waals surface area (Å²) in [5.74, 6) is 4.80. The molecule has 60 valence electrons. The lowest BCUT2D eigenvalue weighted by Crippen LogP contribution is -1.94. The lowest BCUT2D eigenvalue weighted by molar-refractivity contribution is -0.103. The number of aldehydes is 1. The minimum absolute atomic E-state index is 0.101. The first-order valence-electron chi connectivity index (χ1n) is 2.97. The van der Waals surface area contributed by atoms with E-state index >= 15 is 0 Å². The van der Waals surface area contributed by atoms with Crippen molar-refractivity contribution in [1.29, 1.82) is 0 Å². The lowest BCUT2D eigenvalue weighted by atomic mass is 10.4. The Balaban J connectivity index is 3.09. The monoisotopic (exact) mass is 181 g/mol. The third kappa shape index (κ3) is 1.94. The summed E-state index contributed by atoms with van der Waals surface area (Å²) in [6.07, 6.45) is 1.77. The number of rotatable bonds is 0. The Morgan fingerprint density at radius 1 is 1.67 bits per heavy atom. The van der Waals surface area contributed by atoms with E-state index in [1.165, 1.54) is 6.20 Å². The molecule has 0 aliphatic carbocycles. The molecule has 0 saturated heterocycles. The van der Waals surface area contributed by atoms with Gasteiger partial charge in [0.25, 0.3) is 0 Å². The molecule has 0 spiro atoms.